The number of benzene rings is 2. The molecule has 0 saturated carbocycles. The monoisotopic (exact) mass is 290 g/mol. The number of nitrogens with two attached hydrogens (primary N) is 1. The summed E-state index contributed by atoms with van der Waals surface area (Å²) in [5.41, 5.74) is 4.75. The molecule has 2 N–H and O–H groups in total. The molecular formula is C15H9F3N2O. The molecule has 0 heterocycles. The van der Waals surface area contributed by atoms with Crippen LogP contribution in [0.1, 0.15) is 21.5 Å². The number of rotatable bonds is 2. The van der Waals surface area contributed by atoms with E-state index in [1.165, 1.54) is 36.4 Å². The Morgan fingerprint density at radius 1 is 1.05 bits per heavy atom. The molecule has 3 nitrogen and oxygen atoms in total. The average molecular weight is 290 g/mol. The van der Waals surface area contributed by atoms with Gasteiger partial charge >= 0.3 is 6.18 Å². The molecule has 6 heteroatoms. The summed E-state index contributed by atoms with van der Waals surface area (Å²) < 4.78 is 38.7. The Hall–Kier alpha value is -2.81. The minimum Gasteiger partial charge on any atom is -0.366 e. The van der Waals surface area contributed by atoms with Crippen molar-refractivity contribution in [2.45, 2.75) is 6.18 Å². The minimum atomic E-state index is -4.60. The summed E-state index contributed by atoms with van der Waals surface area (Å²) in [4.78, 5) is 11.0. The maximum Gasteiger partial charge on any atom is 0.417 e. The topological polar surface area (TPSA) is 66.9 Å². The maximum atomic E-state index is 12.9. The van der Waals surface area contributed by atoms with Gasteiger partial charge in [0.05, 0.1) is 17.2 Å². The van der Waals surface area contributed by atoms with Crippen LogP contribution in [0, 0.1) is 11.3 Å². The molecule has 0 aliphatic carbocycles. The van der Waals surface area contributed by atoms with Crippen LogP contribution in [-0.4, -0.2) is 5.91 Å². The minimum absolute atomic E-state index is 0.267. The van der Waals surface area contributed by atoms with E-state index in [1.54, 1.807) is 0 Å². The number of alkyl halides is 3. The Morgan fingerprint density at radius 3 is 2.10 bits per heavy atom. The second kappa shape index (κ2) is 5.29. The molecular weight excluding hydrogens is 281 g/mol. The van der Waals surface area contributed by atoms with Crippen molar-refractivity contribution in [3.05, 3.63) is 59.2 Å². The number of amides is 1. The lowest BCUT2D eigenvalue weighted by molar-refractivity contribution is -0.137. The van der Waals surface area contributed by atoms with E-state index in [0.717, 1.165) is 12.1 Å². The SMILES string of the molecule is N#Cc1ccc(-c2ccc(C(N)=O)cc2)cc1C(F)(F)F. The van der Waals surface area contributed by atoms with Gasteiger partial charge in [-0.3, -0.25) is 4.79 Å². The lowest BCUT2D eigenvalue weighted by Gasteiger charge is -2.11. The zero-order chi connectivity index (χ0) is 15.6. The van der Waals surface area contributed by atoms with Gasteiger partial charge < -0.3 is 5.73 Å². The lowest BCUT2D eigenvalue weighted by atomic mass is 9.98. The van der Waals surface area contributed by atoms with Crippen LogP contribution in [0.5, 0.6) is 0 Å². The molecule has 0 aliphatic heterocycles. The average Bonchev–Trinajstić information content (AvgIpc) is 2.45. The van der Waals surface area contributed by atoms with Crippen LogP contribution in [0.2, 0.25) is 0 Å². The fourth-order valence-corrected chi connectivity index (χ4v) is 1.88. The molecule has 2 aromatic carbocycles. The van der Waals surface area contributed by atoms with E-state index in [2.05, 4.69) is 0 Å². The van der Waals surface area contributed by atoms with E-state index in [1.807, 2.05) is 0 Å². The standard InChI is InChI=1S/C15H9F3N2O/c16-15(17,18)13-7-11(5-6-12(13)8-19)9-1-3-10(4-2-9)14(20)21/h1-7H,(H2,20,21). The first-order valence-corrected chi connectivity index (χ1v) is 5.84. The van der Waals surface area contributed by atoms with E-state index >= 15 is 0 Å². The molecule has 2 aromatic rings. The zero-order valence-corrected chi connectivity index (χ0v) is 10.6. The van der Waals surface area contributed by atoms with Gasteiger partial charge in [-0.05, 0) is 35.4 Å². The maximum absolute atomic E-state index is 12.9. The zero-order valence-electron chi connectivity index (χ0n) is 10.6. The summed E-state index contributed by atoms with van der Waals surface area (Å²) in [6.45, 7) is 0. The molecule has 2 rings (SSSR count). The quantitative estimate of drug-likeness (QED) is 0.921. The third-order valence-corrected chi connectivity index (χ3v) is 2.95. The highest BCUT2D eigenvalue weighted by Gasteiger charge is 2.33. The van der Waals surface area contributed by atoms with E-state index in [9.17, 15) is 18.0 Å². The number of primary amides is 1. The normalized spacial score (nSPS) is 11.0. The summed E-state index contributed by atoms with van der Waals surface area (Å²) in [5, 5.41) is 8.74. The third-order valence-electron chi connectivity index (χ3n) is 2.95. The Morgan fingerprint density at radius 2 is 1.62 bits per heavy atom. The summed E-state index contributed by atoms with van der Waals surface area (Å²) in [7, 11) is 0. The highest BCUT2D eigenvalue weighted by Crippen LogP contribution is 2.34. The molecule has 0 radical (unpaired) electrons. The van der Waals surface area contributed by atoms with Crippen LogP contribution >= 0.6 is 0 Å². The molecule has 21 heavy (non-hydrogen) atoms. The van der Waals surface area contributed by atoms with Crippen molar-refractivity contribution in [1.82, 2.24) is 0 Å². The fourth-order valence-electron chi connectivity index (χ4n) is 1.88. The molecule has 0 bridgehead atoms. The predicted molar refractivity (Wildman–Crippen MR) is 70.1 cm³/mol. The molecule has 0 fully saturated rings. The predicted octanol–water partition coefficient (Wildman–Crippen LogP) is 3.34. The first-order valence-electron chi connectivity index (χ1n) is 5.84. The molecule has 0 spiro atoms. The Labute approximate surface area is 118 Å². The second-order valence-corrected chi connectivity index (χ2v) is 4.31. The largest absolute Gasteiger partial charge is 0.417 e. The molecule has 106 valence electrons. The van der Waals surface area contributed by atoms with E-state index < -0.39 is 23.2 Å². The third kappa shape index (κ3) is 3.03. The summed E-state index contributed by atoms with van der Waals surface area (Å²) in [6.07, 6.45) is -4.60. The van der Waals surface area contributed by atoms with Crippen molar-refractivity contribution in [2.24, 2.45) is 5.73 Å². The van der Waals surface area contributed by atoms with Crippen molar-refractivity contribution < 1.29 is 18.0 Å². The van der Waals surface area contributed by atoms with Crippen molar-refractivity contribution in [1.29, 1.82) is 5.26 Å². The van der Waals surface area contributed by atoms with Crippen LogP contribution in [0.25, 0.3) is 11.1 Å². The van der Waals surface area contributed by atoms with Crippen LogP contribution in [0.15, 0.2) is 42.5 Å². The van der Waals surface area contributed by atoms with Crippen LogP contribution < -0.4 is 5.73 Å². The lowest BCUT2D eigenvalue weighted by Crippen LogP contribution is -2.10. The van der Waals surface area contributed by atoms with Crippen molar-refractivity contribution in [3.63, 3.8) is 0 Å². The molecule has 0 saturated heterocycles. The van der Waals surface area contributed by atoms with Gasteiger partial charge in [0.25, 0.3) is 0 Å². The van der Waals surface area contributed by atoms with Gasteiger partial charge in [-0.25, -0.2) is 0 Å². The van der Waals surface area contributed by atoms with Gasteiger partial charge in [-0.2, -0.15) is 18.4 Å². The van der Waals surface area contributed by atoms with Gasteiger partial charge in [0, 0.05) is 5.56 Å². The number of nitriles is 1. The number of carbonyl (C=O) groups excluding carboxylic acids is 1. The highest BCUT2D eigenvalue weighted by molar-refractivity contribution is 5.93. The van der Waals surface area contributed by atoms with Crippen molar-refractivity contribution in [3.8, 4) is 17.2 Å². The number of hydrogen-bond donors (Lipinski definition) is 1. The second-order valence-electron chi connectivity index (χ2n) is 4.31. The van der Waals surface area contributed by atoms with Crippen molar-refractivity contribution >= 4 is 5.91 Å². The smallest absolute Gasteiger partial charge is 0.366 e. The number of halogens is 3. The van der Waals surface area contributed by atoms with Crippen molar-refractivity contribution in [2.75, 3.05) is 0 Å². The first-order chi connectivity index (χ1) is 9.82. The Bertz CT molecular complexity index is 728. The summed E-state index contributed by atoms with van der Waals surface area (Å²) >= 11 is 0. The molecule has 0 aliphatic rings. The molecule has 1 amide bonds. The van der Waals surface area contributed by atoms with Gasteiger partial charge in [-0.15, -0.1) is 0 Å². The first kappa shape index (κ1) is 14.6. The summed E-state index contributed by atoms with van der Waals surface area (Å²) in [6, 6.07) is 10.9. The molecule has 0 aromatic heterocycles. The Balaban J connectivity index is 2.50. The van der Waals surface area contributed by atoms with Gasteiger partial charge in [-0.1, -0.05) is 18.2 Å². The van der Waals surface area contributed by atoms with E-state index in [0.29, 0.717) is 11.1 Å². The van der Waals surface area contributed by atoms with Gasteiger partial charge in [0.2, 0.25) is 5.91 Å². The summed E-state index contributed by atoms with van der Waals surface area (Å²) in [5.74, 6) is -0.614. The fraction of sp³-hybridized carbons (Fsp3) is 0.0667. The van der Waals surface area contributed by atoms with Gasteiger partial charge in [0.15, 0.2) is 0 Å². The Kier molecular flexibility index (Phi) is 3.68. The molecule has 0 unspecified atom stereocenters. The van der Waals surface area contributed by atoms with Gasteiger partial charge in [0.1, 0.15) is 0 Å². The van der Waals surface area contributed by atoms with Crippen LogP contribution in [-0.2, 0) is 6.18 Å². The van der Waals surface area contributed by atoms with Crippen LogP contribution in [0.4, 0.5) is 13.2 Å². The number of nitrogens with zero attached hydrogens (tertiary/aromatic N) is 1. The highest BCUT2D eigenvalue weighted by atomic mass is 19.4. The van der Waals surface area contributed by atoms with E-state index in [-0.39, 0.29) is 5.56 Å². The van der Waals surface area contributed by atoms with E-state index in [4.69, 9.17) is 11.0 Å². The number of hydrogen-bond acceptors (Lipinski definition) is 2. The molecule has 0 atom stereocenters. The van der Waals surface area contributed by atoms with Crippen LogP contribution in [0.3, 0.4) is 0 Å². The number of carbonyl (C=O) groups is 1.